The lowest BCUT2D eigenvalue weighted by atomic mass is 9.59. The average molecular weight is 589 g/mol. The number of para-hydroxylation sites is 1. The Bertz CT molecular complexity index is 1640. The Morgan fingerprint density at radius 2 is 1.79 bits per heavy atom. The molecule has 1 saturated heterocycles. The van der Waals surface area contributed by atoms with Crippen molar-refractivity contribution in [2.24, 2.45) is 17.8 Å². The van der Waals surface area contributed by atoms with Gasteiger partial charge in [0.05, 0.1) is 26.9 Å². The number of ketones is 2. The number of halogens is 1. The van der Waals surface area contributed by atoms with Crippen molar-refractivity contribution in [2.75, 3.05) is 4.90 Å². The summed E-state index contributed by atoms with van der Waals surface area (Å²) < 4.78 is 0.116. The van der Waals surface area contributed by atoms with Crippen molar-refractivity contribution in [1.29, 1.82) is 0 Å². The number of anilines is 1. The third kappa shape index (κ3) is 3.65. The molecule has 0 saturated carbocycles. The second-order valence-corrected chi connectivity index (χ2v) is 11.0. The first-order valence-corrected chi connectivity index (χ1v) is 13.2. The van der Waals surface area contributed by atoms with Crippen LogP contribution in [0.3, 0.4) is 0 Å². The van der Waals surface area contributed by atoms with Crippen LogP contribution < -0.4 is 4.90 Å². The minimum Gasteiger partial charge on any atom is -0.507 e. The summed E-state index contributed by atoms with van der Waals surface area (Å²) in [6.07, 6.45) is 3.40. The van der Waals surface area contributed by atoms with Crippen molar-refractivity contribution < 1.29 is 29.2 Å². The standard InChI is InChI=1S/C29H21BrN2O7/c1-13-4-2-7-17(26(13)34)23-16-8-9-18-24(19(16)11-20-25(23)22(33)12-21(30)27(20)35)29(37)31(28(18)36)14-5-3-6-15(10-14)32(38)39/h2-8,10,12,18-19,23-24,34H,9,11H2,1H3. The van der Waals surface area contributed by atoms with Gasteiger partial charge in [-0.25, -0.2) is 4.90 Å². The highest BCUT2D eigenvalue weighted by molar-refractivity contribution is 9.12. The number of aromatic hydroxyl groups is 1. The topological polar surface area (TPSA) is 135 Å². The van der Waals surface area contributed by atoms with Gasteiger partial charge in [-0.1, -0.05) is 35.9 Å². The second-order valence-electron chi connectivity index (χ2n) is 10.2. The van der Waals surface area contributed by atoms with Crippen LogP contribution >= 0.6 is 15.9 Å². The number of fused-ring (bicyclic) bond motifs is 3. The molecule has 6 rings (SSSR count). The number of non-ortho nitro benzene ring substituents is 1. The Hall–Kier alpha value is -4.18. The van der Waals surface area contributed by atoms with Crippen LogP contribution in [0.2, 0.25) is 0 Å². The van der Waals surface area contributed by atoms with Crippen LogP contribution in [-0.4, -0.2) is 33.4 Å². The lowest BCUT2D eigenvalue weighted by molar-refractivity contribution is -0.384. The van der Waals surface area contributed by atoms with Crippen LogP contribution in [0.1, 0.15) is 29.9 Å². The van der Waals surface area contributed by atoms with E-state index in [0.29, 0.717) is 16.7 Å². The van der Waals surface area contributed by atoms with Crippen molar-refractivity contribution in [3.63, 3.8) is 0 Å². The molecule has 0 aromatic heterocycles. The number of carbonyl (C=O) groups excluding carboxylic acids is 4. The van der Waals surface area contributed by atoms with E-state index < -0.39 is 40.4 Å². The number of benzene rings is 2. The first kappa shape index (κ1) is 25.1. The van der Waals surface area contributed by atoms with E-state index in [1.54, 1.807) is 25.1 Å². The number of phenolic OH excluding ortho intramolecular Hbond substituents is 1. The predicted octanol–water partition coefficient (Wildman–Crippen LogP) is 4.58. The Kier molecular flexibility index (Phi) is 5.76. The summed E-state index contributed by atoms with van der Waals surface area (Å²) in [6, 6.07) is 10.6. The number of allylic oxidation sites excluding steroid dienone is 6. The number of Topliss-reactive ketones (excluding diaryl/α,β-unsaturated/α-hetero) is 1. The molecule has 4 unspecified atom stereocenters. The number of hydrogen-bond acceptors (Lipinski definition) is 7. The van der Waals surface area contributed by atoms with Crippen LogP contribution in [0.5, 0.6) is 5.75 Å². The van der Waals surface area contributed by atoms with Gasteiger partial charge < -0.3 is 5.11 Å². The normalized spacial score (nSPS) is 26.2. The zero-order chi connectivity index (χ0) is 27.7. The summed E-state index contributed by atoms with van der Waals surface area (Å²) in [5.74, 6) is -4.56. The molecule has 9 nitrogen and oxygen atoms in total. The molecular weight excluding hydrogens is 568 g/mol. The highest BCUT2D eigenvalue weighted by atomic mass is 79.9. The van der Waals surface area contributed by atoms with Gasteiger partial charge in [-0.05, 0) is 53.2 Å². The Morgan fingerprint density at radius 3 is 2.54 bits per heavy atom. The van der Waals surface area contributed by atoms with E-state index >= 15 is 0 Å². The van der Waals surface area contributed by atoms with Crippen LogP contribution in [0.15, 0.2) is 75.8 Å². The Labute approximate surface area is 230 Å². The molecule has 1 fully saturated rings. The quantitative estimate of drug-likeness (QED) is 0.182. The largest absolute Gasteiger partial charge is 0.507 e. The smallest absolute Gasteiger partial charge is 0.271 e. The third-order valence-corrected chi connectivity index (χ3v) is 8.80. The van der Waals surface area contributed by atoms with E-state index in [2.05, 4.69) is 15.9 Å². The number of nitro groups is 1. The minimum absolute atomic E-state index is 0.000984. The summed E-state index contributed by atoms with van der Waals surface area (Å²) >= 11 is 3.19. The van der Waals surface area contributed by atoms with Gasteiger partial charge in [0.15, 0.2) is 11.6 Å². The monoisotopic (exact) mass is 588 g/mol. The first-order chi connectivity index (χ1) is 18.6. The van der Waals surface area contributed by atoms with Gasteiger partial charge in [0.25, 0.3) is 5.69 Å². The number of carbonyl (C=O) groups is 4. The highest BCUT2D eigenvalue weighted by Gasteiger charge is 2.57. The molecule has 0 spiro atoms. The molecule has 1 N–H and O–H groups in total. The fourth-order valence-electron chi connectivity index (χ4n) is 6.48. The van der Waals surface area contributed by atoms with E-state index in [4.69, 9.17) is 0 Å². The zero-order valence-electron chi connectivity index (χ0n) is 20.6. The fraction of sp³-hybridized carbons (Fsp3) is 0.241. The lowest BCUT2D eigenvalue weighted by Crippen LogP contribution is -2.39. The van der Waals surface area contributed by atoms with E-state index in [1.165, 1.54) is 30.3 Å². The maximum atomic E-state index is 13.9. The minimum atomic E-state index is -0.826. The maximum absolute atomic E-state index is 13.9. The number of rotatable bonds is 3. The molecule has 1 heterocycles. The number of aryl methyl sites for hydroxylation is 1. The zero-order valence-corrected chi connectivity index (χ0v) is 22.2. The van der Waals surface area contributed by atoms with Gasteiger partial charge in [-0.2, -0.15) is 0 Å². The first-order valence-electron chi connectivity index (χ1n) is 12.4. The van der Waals surface area contributed by atoms with E-state index in [-0.39, 0.29) is 57.2 Å². The second kappa shape index (κ2) is 8.94. The van der Waals surface area contributed by atoms with Crippen LogP contribution in [0.25, 0.3) is 0 Å². The number of phenols is 1. The number of nitro benzene ring substituents is 1. The van der Waals surface area contributed by atoms with Crippen molar-refractivity contribution in [3.05, 3.63) is 97.1 Å². The summed E-state index contributed by atoms with van der Waals surface area (Å²) in [5, 5.41) is 22.3. The van der Waals surface area contributed by atoms with Gasteiger partial charge in [0.1, 0.15) is 5.75 Å². The molecule has 39 heavy (non-hydrogen) atoms. The number of amides is 2. The van der Waals surface area contributed by atoms with E-state index in [1.807, 2.05) is 6.08 Å². The fourth-order valence-corrected chi connectivity index (χ4v) is 6.92. The predicted molar refractivity (Wildman–Crippen MR) is 143 cm³/mol. The van der Waals surface area contributed by atoms with Crippen LogP contribution in [-0.2, 0) is 19.2 Å². The molecule has 2 aromatic carbocycles. The molecule has 0 radical (unpaired) electrons. The molecule has 196 valence electrons. The van der Waals surface area contributed by atoms with Crippen molar-refractivity contribution in [1.82, 2.24) is 0 Å². The van der Waals surface area contributed by atoms with Gasteiger partial charge in [0.2, 0.25) is 11.8 Å². The van der Waals surface area contributed by atoms with Gasteiger partial charge >= 0.3 is 0 Å². The Morgan fingerprint density at radius 1 is 1.05 bits per heavy atom. The molecule has 2 aromatic rings. The van der Waals surface area contributed by atoms with Crippen molar-refractivity contribution in [3.8, 4) is 5.75 Å². The third-order valence-electron chi connectivity index (χ3n) is 8.21. The summed E-state index contributed by atoms with van der Waals surface area (Å²) in [4.78, 5) is 65.8. The number of nitrogens with zero attached hydrogens (tertiary/aromatic N) is 2. The van der Waals surface area contributed by atoms with E-state index in [0.717, 1.165) is 4.90 Å². The molecular formula is C29H21BrN2O7. The summed E-state index contributed by atoms with van der Waals surface area (Å²) in [7, 11) is 0. The highest BCUT2D eigenvalue weighted by Crippen LogP contribution is 2.56. The lowest BCUT2D eigenvalue weighted by Gasteiger charge is -2.42. The maximum Gasteiger partial charge on any atom is 0.271 e. The molecule has 4 aliphatic rings. The molecule has 3 aliphatic carbocycles. The Balaban J connectivity index is 1.49. The molecule has 1 aliphatic heterocycles. The average Bonchev–Trinajstić information content (AvgIpc) is 3.17. The molecule has 10 heteroatoms. The summed E-state index contributed by atoms with van der Waals surface area (Å²) in [6.45, 7) is 1.74. The van der Waals surface area contributed by atoms with Gasteiger partial charge in [0, 0.05) is 40.8 Å². The van der Waals surface area contributed by atoms with Gasteiger partial charge in [-0.3, -0.25) is 29.3 Å². The molecule has 0 bridgehead atoms. The van der Waals surface area contributed by atoms with Gasteiger partial charge in [-0.15, -0.1) is 0 Å². The number of hydrogen-bond donors (Lipinski definition) is 1. The van der Waals surface area contributed by atoms with Crippen LogP contribution in [0.4, 0.5) is 11.4 Å². The SMILES string of the molecule is Cc1cccc(C2C3=CCC4C(=O)N(c5cccc([N+](=O)[O-])c5)C(=O)C4C3CC3=C2C(=O)C=C(Br)C3=O)c1O. The molecule has 2 amide bonds. The van der Waals surface area contributed by atoms with E-state index in [9.17, 15) is 34.4 Å². The van der Waals surface area contributed by atoms with Crippen molar-refractivity contribution >= 4 is 50.7 Å². The summed E-state index contributed by atoms with van der Waals surface area (Å²) in [5.41, 5.74) is 2.18. The van der Waals surface area contributed by atoms with Crippen LogP contribution in [0, 0.1) is 34.8 Å². The number of imide groups is 1. The van der Waals surface area contributed by atoms with Crippen molar-refractivity contribution in [2.45, 2.75) is 25.7 Å². The molecule has 4 atom stereocenters.